The summed E-state index contributed by atoms with van der Waals surface area (Å²) in [4.78, 5) is 13.7. The molecule has 2 rings (SSSR count). The van der Waals surface area contributed by atoms with Crippen LogP contribution in [0.4, 0.5) is 0 Å². The van der Waals surface area contributed by atoms with E-state index in [1.54, 1.807) is 4.90 Å². The van der Waals surface area contributed by atoms with E-state index in [9.17, 15) is 4.79 Å². The number of ether oxygens (including phenoxy) is 1. The van der Waals surface area contributed by atoms with Crippen molar-refractivity contribution in [3.8, 4) is 5.75 Å². The summed E-state index contributed by atoms with van der Waals surface area (Å²) in [5.41, 5.74) is 1.22. The van der Waals surface area contributed by atoms with Gasteiger partial charge in [-0.2, -0.15) is 0 Å². The second-order valence-electron chi connectivity index (χ2n) is 5.84. The first-order chi connectivity index (χ1) is 10.1. The van der Waals surface area contributed by atoms with Crippen LogP contribution in [0.5, 0.6) is 5.75 Å². The molecule has 1 aromatic rings. The molecule has 116 valence electrons. The number of nitrogens with zero attached hydrogens (tertiary/aromatic N) is 1. The van der Waals surface area contributed by atoms with Gasteiger partial charge in [0, 0.05) is 13.1 Å². The van der Waals surface area contributed by atoms with Crippen LogP contribution in [0, 0.1) is 6.92 Å². The highest BCUT2D eigenvalue weighted by Crippen LogP contribution is 2.17. The number of carbonyl (C=O) groups excluding carboxylic acids is 1. The third-order valence-corrected chi connectivity index (χ3v) is 4.04. The Morgan fingerprint density at radius 3 is 2.62 bits per heavy atom. The van der Waals surface area contributed by atoms with Crippen LogP contribution in [-0.2, 0) is 4.79 Å². The number of amides is 1. The van der Waals surface area contributed by atoms with Crippen LogP contribution < -0.4 is 10.1 Å². The number of benzene rings is 1. The molecule has 1 saturated carbocycles. The van der Waals surface area contributed by atoms with Crippen molar-refractivity contribution < 1.29 is 9.53 Å². The van der Waals surface area contributed by atoms with E-state index >= 15 is 0 Å². The van der Waals surface area contributed by atoms with Crippen molar-refractivity contribution in [2.75, 3.05) is 26.7 Å². The highest BCUT2D eigenvalue weighted by Gasteiger charge is 2.16. The normalized spacial score (nSPS) is 15.1. The molecule has 0 bridgehead atoms. The summed E-state index contributed by atoms with van der Waals surface area (Å²) in [6.07, 6.45) is 4.97. The molecule has 0 radical (unpaired) electrons. The Kier molecular flexibility index (Phi) is 6.05. The minimum atomic E-state index is 0.134. The van der Waals surface area contributed by atoms with Crippen LogP contribution in [0.2, 0.25) is 0 Å². The van der Waals surface area contributed by atoms with Gasteiger partial charge in [0.2, 0.25) is 5.91 Å². The lowest BCUT2D eigenvalue weighted by Crippen LogP contribution is -2.40. The number of hydrogen-bond acceptors (Lipinski definition) is 3. The zero-order chi connectivity index (χ0) is 15.1. The second-order valence-corrected chi connectivity index (χ2v) is 5.84. The van der Waals surface area contributed by atoms with Gasteiger partial charge < -0.3 is 15.0 Å². The van der Waals surface area contributed by atoms with Gasteiger partial charge in [-0.05, 0) is 31.9 Å². The summed E-state index contributed by atoms with van der Waals surface area (Å²) in [6.45, 7) is 3.62. The van der Waals surface area contributed by atoms with Gasteiger partial charge in [-0.25, -0.2) is 0 Å². The molecule has 1 aromatic carbocycles. The minimum absolute atomic E-state index is 0.134. The van der Waals surface area contributed by atoms with Gasteiger partial charge in [0.05, 0.1) is 13.1 Å². The average Bonchev–Trinajstić information content (AvgIpc) is 3.00. The van der Waals surface area contributed by atoms with E-state index in [0.29, 0.717) is 25.7 Å². The van der Waals surface area contributed by atoms with Gasteiger partial charge >= 0.3 is 0 Å². The smallest absolute Gasteiger partial charge is 0.236 e. The molecule has 1 aliphatic rings. The van der Waals surface area contributed by atoms with E-state index < -0.39 is 0 Å². The molecule has 0 aromatic heterocycles. The Labute approximate surface area is 127 Å². The van der Waals surface area contributed by atoms with Crippen LogP contribution in [-0.4, -0.2) is 43.6 Å². The summed E-state index contributed by atoms with van der Waals surface area (Å²) >= 11 is 0. The maximum atomic E-state index is 12.0. The molecular weight excluding hydrogens is 264 g/mol. The predicted octanol–water partition coefficient (Wildman–Crippen LogP) is 2.36. The SMILES string of the molecule is Cc1ccc(OCCN(C)C(=O)CNC2CCCC2)cc1. The maximum absolute atomic E-state index is 12.0. The van der Waals surface area contributed by atoms with Gasteiger partial charge in [0.1, 0.15) is 12.4 Å². The summed E-state index contributed by atoms with van der Waals surface area (Å²) in [5, 5.41) is 3.34. The number of likely N-dealkylation sites (N-methyl/N-ethyl adjacent to an activating group) is 1. The van der Waals surface area contributed by atoms with Crippen LogP contribution in [0.15, 0.2) is 24.3 Å². The zero-order valence-electron chi connectivity index (χ0n) is 13.1. The van der Waals surface area contributed by atoms with Crippen molar-refractivity contribution in [2.24, 2.45) is 0 Å². The number of rotatable bonds is 7. The molecule has 0 spiro atoms. The summed E-state index contributed by atoms with van der Waals surface area (Å²) in [7, 11) is 1.83. The number of aryl methyl sites for hydroxylation is 1. The van der Waals surface area contributed by atoms with Crippen molar-refractivity contribution in [3.63, 3.8) is 0 Å². The summed E-state index contributed by atoms with van der Waals surface area (Å²) in [6, 6.07) is 8.49. The molecule has 4 heteroatoms. The van der Waals surface area contributed by atoms with Crippen molar-refractivity contribution in [1.82, 2.24) is 10.2 Å². The quantitative estimate of drug-likeness (QED) is 0.838. The Bertz CT molecular complexity index is 439. The molecule has 1 amide bonds. The minimum Gasteiger partial charge on any atom is -0.492 e. The topological polar surface area (TPSA) is 41.6 Å². The third-order valence-electron chi connectivity index (χ3n) is 4.04. The number of carbonyl (C=O) groups is 1. The Hall–Kier alpha value is -1.55. The lowest BCUT2D eigenvalue weighted by molar-refractivity contribution is -0.129. The number of hydrogen-bond donors (Lipinski definition) is 1. The Balaban J connectivity index is 1.62. The van der Waals surface area contributed by atoms with E-state index in [1.165, 1.54) is 31.2 Å². The Morgan fingerprint density at radius 2 is 1.95 bits per heavy atom. The molecule has 0 heterocycles. The second kappa shape index (κ2) is 8.03. The predicted molar refractivity (Wildman–Crippen MR) is 84.6 cm³/mol. The molecule has 0 atom stereocenters. The van der Waals surface area contributed by atoms with Crippen molar-refractivity contribution in [2.45, 2.75) is 38.6 Å². The average molecular weight is 290 g/mol. The highest BCUT2D eigenvalue weighted by atomic mass is 16.5. The fourth-order valence-corrected chi connectivity index (χ4v) is 2.56. The number of nitrogens with one attached hydrogen (secondary N) is 1. The maximum Gasteiger partial charge on any atom is 0.236 e. The standard InChI is InChI=1S/C17H26N2O2/c1-14-7-9-16(10-8-14)21-12-11-19(2)17(20)13-18-15-5-3-4-6-15/h7-10,15,18H,3-6,11-13H2,1-2H3. The van der Waals surface area contributed by atoms with Gasteiger partial charge in [0.15, 0.2) is 0 Å². The first kappa shape index (κ1) is 15.8. The molecule has 4 nitrogen and oxygen atoms in total. The summed E-state index contributed by atoms with van der Waals surface area (Å²) in [5.74, 6) is 0.986. The monoisotopic (exact) mass is 290 g/mol. The fraction of sp³-hybridized carbons (Fsp3) is 0.588. The van der Waals surface area contributed by atoms with Crippen molar-refractivity contribution in [3.05, 3.63) is 29.8 Å². The Morgan fingerprint density at radius 1 is 1.29 bits per heavy atom. The van der Waals surface area contributed by atoms with E-state index in [4.69, 9.17) is 4.74 Å². The van der Waals surface area contributed by atoms with Gasteiger partial charge in [-0.1, -0.05) is 30.5 Å². The van der Waals surface area contributed by atoms with E-state index in [2.05, 4.69) is 5.32 Å². The van der Waals surface area contributed by atoms with Crippen LogP contribution >= 0.6 is 0 Å². The molecular formula is C17H26N2O2. The highest BCUT2D eigenvalue weighted by molar-refractivity contribution is 5.77. The molecule has 1 fully saturated rings. The molecule has 1 aliphatic carbocycles. The molecule has 21 heavy (non-hydrogen) atoms. The lowest BCUT2D eigenvalue weighted by Gasteiger charge is -2.19. The third kappa shape index (κ3) is 5.38. The van der Waals surface area contributed by atoms with Crippen LogP contribution in [0.25, 0.3) is 0 Å². The van der Waals surface area contributed by atoms with Crippen LogP contribution in [0.3, 0.4) is 0 Å². The van der Waals surface area contributed by atoms with Gasteiger partial charge in [-0.3, -0.25) is 4.79 Å². The first-order valence-electron chi connectivity index (χ1n) is 7.82. The lowest BCUT2D eigenvalue weighted by atomic mass is 10.2. The van der Waals surface area contributed by atoms with Gasteiger partial charge in [-0.15, -0.1) is 0 Å². The zero-order valence-corrected chi connectivity index (χ0v) is 13.1. The first-order valence-corrected chi connectivity index (χ1v) is 7.82. The van der Waals surface area contributed by atoms with E-state index in [-0.39, 0.29) is 5.91 Å². The summed E-state index contributed by atoms with van der Waals surface area (Å²) < 4.78 is 5.65. The molecule has 0 aliphatic heterocycles. The molecule has 0 unspecified atom stereocenters. The molecule has 0 saturated heterocycles. The molecule has 1 N–H and O–H groups in total. The fourth-order valence-electron chi connectivity index (χ4n) is 2.56. The van der Waals surface area contributed by atoms with Crippen LogP contribution in [0.1, 0.15) is 31.2 Å². The van der Waals surface area contributed by atoms with E-state index in [1.807, 2.05) is 38.2 Å². The largest absolute Gasteiger partial charge is 0.492 e. The van der Waals surface area contributed by atoms with E-state index in [0.717, 1.165) is 5.75 Å². The van der Waals surface area contributed by atoms with Crippen molar-refractivity contribution >= 4 is 5.91 Å². The van der Waals surface area contributed by atoms with Gasteiger partial charge in [0.25, 0.3) is 0 Å². The van der Waals surface area contributed by atoms with Crippen molar-refractivity contribution in [1.29, 1.82) is 0 Å².